The lowest BCUT2D eigenvalue weighted by molar-refractivity contribution is -0.127. The third kappa shape index (κ3) is 6.82. The van der Waals surface area contributed by atoms with Crippen LogP contribution in [-0.4, -0.2) is 48.4 Å². The minimum Gasteiger partial charge on any atom is -0.353 e. The third-order valence-corrected chi connectivity index (χ3v) is 3.97. The molecule has 0 aromatic heterocycles. The Morgan fingerprint density at radius 1 is 1.13 bits per heavy atom. The molecule has 0 aliphatic heterocycles. The second-order valence-corrected chi connectivity index (χ2v) is 5.73. The highest BCUT2D eigenvalue weighted by molar-refractivity contribution is 5.86. The summed E-state index contributed by atoms with van der Waals surface area (Å²) in [6, 6.07) is 10.0. The molecule has 5 heteroatoms. The van der Waals surface area contributed by atoms with E-state index in [-0.39, 0.29) is 17.9 Å². The van der Waals surface area contributed by atoms with Crippen LogP contribution in [0.4, 0.5) is 0 Å². The van der Waals surface area contributed by atoms with Crippen molar-refractivity contribution in [2.24, 2.45) is 0 Å². The van der Waals surface area contributed by atoms with Crippen LogP contribution in [0, 0.1) is 0 Å². The maximum Gasteiger partial charge on any atom is 0.242 e. The average Bonchev–Trinajstić information content (AvgIpc) is 2.53. The molecule has 0 spiro atoms. The van der Waals surface area contributed by atoms with Gasteiger partial charge < -0.3 is 10.6 Å². The monoisotopic (exact) mass is 319 g/mol. The van der Waals surface area contributed by atoms with Gasteiger partial charge in [-0.25, -0.2) is 0 Å². The van der Waals surface area contributed by atoms with Crippen LogP contribution in [0.1, 0.15) is 33.3 Å². The highest BCUT2D eigenvalue weighted by atomic mass is 16.2. The predicted molar refractivity (Wildman–Crippen MR) is 93.1 cm³/mol. The summed E-state index contributed by atoms with van der Waals surface area (Å²) in [5.41, 5.74) is 1.26. The van der Waals surface area contributed by atoms with Crippen LogP contribution in [-0.2, 0) is 16.0 Å². The molecular formula is C18H29N3O2. The maximum atomic E-state index is 12.1. The zero-order valence-corrected chi connectivity index (χ0v) is 14.6. The number of amides is 2. The summed E-state index contributed by atoms with van der Waals surface area (Å²) in [6.45, 7) is 9.81. The quantitative estimate of drug-likeness (QED) is 0.726. The molecule has 0 saturated heterocycles. The zero-order chi connectivity index (χ0) is 17.2. The molecule has 0 fully saturated rings. The Balaban J connectivity index is 2.66. The average molecular weight is 319 g/mol. The molecule has 0 radical (unpaired) electrons. The number of nitrogens with zero attached hydrogens (tertiary/aromatic N) is 1. The number of nitrogens with one attached hydrogen (secondary N) is 2. The number of carbonyl (C=O) groups is 2. The van der Waals surface area contributed by atoms with E-state index in [9.17, 15) is 9.59 Å². The predicted octanol–water partition coefficient (Wildman–Crippen LogP) is 1.58. The Labute approximate surface area is 139 Å². The highest BCUT2D eigenvalue weighted by Crippen LogP contribution is 2.08. The summed E-state index contributed by atoms with van der Waals surface area (Å²) in [7, 11) is 0. The van der Waals surface area contributed by atoms with Gasteiger partial charge in [0.15, 0.2) is 0 Å². The van der Waals surface area contributed by atoms with Gasteiger partial charge in [0.2, 0.25) is 11.8 Å². The van der Waals surface area contributed by atoms with Gasteiger partial charge in [-0.1, -0.05) is 44.2 Å². The first-order valence-corrected chi connectivity index (χ1v) is 8.30. The summed E-state index contributed by atoms with van der Waals surface area (Å²) >= 11 is 0. The number of likely N-dealkylation sites (N-methyl/N-ethyl adjacent to an activating group) is 1. The van der Waals surface area contributed by atoms with E-state index >= 15 is 0 Å². The van der Waals surface area contributed by atoms with Crippen LogP contribution in [0.15, 0.2) is 30.3 Å². The molecule has 2 amide bonds. The Morgan fingerprint density at radius 2 is 1.74 bits per heavy atom. The highest BCUT2D eigenvalue weighted by Gasteiger charge is 2.19. The number of carbonyl (C=O) groups excluding carboxylic acids is 2. The van der Waals surface area contributed by atoms with Gasteiger partial charge in [-0.15, -0.1) is 0 Å². The Hall–Kier alpha value is -1.88. The fraction of sp³-hybridized carbons (Fsp3) is 0.556. The zero-order valence-electron chi connectivity index (χ0n) is 14.6. The number of hydrogen-bond acceptors (Lipinski definition) is 3. The fourth-order valence-electron chi connectivity index (χ4n) is 2.70. The molecule has 1 aromatic carbocycles. The first-order valence-electron chi connectivity index (χ1n) is 8.30. The van der Waals surface area contributed by atoms with Gasteiger partial charge in [0.25, 0.3) is 0 Å². The maximum absolute atomic E-state index is 12.1. The Morgan fingerprint density at radius 3 is 2.26 bits per heavy atom. The first kappa shape index (κ1) is 19.2. The van der Waals surface area contributed by atoms with E-state index < -0.39 is 6.04 Å². The van der Waals surface area contributed by atoms with Gasteiger partial charge in [0.1, 0.15) is 6.04 Å². The number of hydrogen-bond donors (Lipinski definition) is 2. The van der Waals surface area contributed by atoms with E-state index in [1.165, 1.54) is 12.5 Å². The largest absolute Gasteiger partial charge is 0.353 e. The van der Waals surface area contributed by atoms with Crippen molar-refractivity contribution in [2.45, 2.75) is 46.2 Å². The second-order valence-electron chi connectivity index (χ2n) is 5.73. The lowest BCUT2D eigenvalue weighted by Crippen LogP contribution is -2.50. The molecule has 2 unspecified atom stereocenters. The molecule has 0 heterocycles. The Bertz CT molecular complexity index is 486. The van der Waals surface area contributed by atoms with Crippen molar-refractivity contribution in [2.75, 3.05) is 19.6 Å². The number of rotatable bonds is 9. The van der Waals surface area contributed by atoms with Crippen molar-refractivity contribution in [1.82, 2.24) is 15.5 Å². The molecule has 2 N–H and O–H groups in total. The van der Waals surface area contributed by atoms with E-state index in [1.54, 1.807) is 6.92 Å². The van der Waals surface area contributed by atoms with Gasteiger partial charge in [0.05, 0.1) is 0 Å². The van der Waals surface area contributed by atoms with Crippen LogP contribution >= 0.6 is 0 Å². The minimum atomic E-state index is -0.512. The third-order valence-electron chi connectivity index (χ3n) is 3.97. The molecule has 0 bridgehead atoms. The van der Waals surface area contributed by atoms with Crippen molar-refractivity contribution >= 4 is 11.8 Å². The summed E-state index contributed by atoms with van der Waals surface area (Å²) in [5.74, 6) is -0.345. The molecule has 1 rings (SSSR count). The van der Waals surface area contributed by atoms with Gasteiger partial charge >= 0.3 is 0 Å². The SMILES string of the molecule is CCN(CC)C(CNC(=O)C(C)NC(C)=O)Cc1ccccc1. The van der Waals surface area contributed by atoms with Gasteiger partial charge in [-0.05, 0) is 32.0 Å². The van der Waals surface area contributed by atoms with Crippen molar-refractivity contribution in [3.63, 3.8) is 0 Å². The Kier molecular flexibility index (Phi) is 8.33. The molecule has 5 nitrogen and oxygen atoms in total. The van der Waals surface area contributed by atoms with Crippen molar-refractivity contribution < 1.29 is 9.59 Å². The van der Waals surface area contributed by atoms with Gasteiger partial charge in [-0.2, -0.15) is 0 Å². The van der Waals surface area contributed by atoms with Crippen LogP contribution in [0.2, 0.25) is 0 Å². The van der Waals surface area contributed by atoms with Gasteiger partial charge in [0, 0.05) is 19.5 Å². The van der Waals surface area contributed by atoms with Crippen LogP contribution in [0.5, 0.6) is 0 Å². The van der Waals surface area contributed by atoms with Crippen molar-refractivity contribution in [3.05, 3.63) is 35.9 Å². The van der Waals surface area contributed by atoms with E-state index in [4.69, 9.17) is 0 Å². The fourth-order valence-corrected chi connectivity index (χ4v) is 2.70. The summed E-state index contributed by atoms with van der Waals surface area (Å²) in [4.78, 5) is 25.5. The van der Waals surface area contributed by atoms with Crippen LogP contribution < -0.4 is 10.6 Å². The first-order chi connectivity index (χ1) is 11.0. The summed E-state index contributed by atoms with van der Waals surface area (Å²) in [6.07, 6.45) is 0.886. The molecule has 128 valence electrons. The smallest absolute Gasteiger partial charge is 0.242 e. The topological polar surface area (TPSA) is 61.4 Å². The lowest BCUT2D eigenvalue weighted by atomic mass is 10.0. The molecule has 23 heavy (non-hydrogen) atoms. The summed E-state index contributed by atoms with van der Waals surface area (Å²) < 4.78 is 0. The molecule has 0 aliphatic carbocycles. The normalized spacial score (nSPS) is 13.4. The second kappa shape index (κ2) is 10.0. The van der Waals surface area contributed by atoms with Crippen LogP contribution in [0.3, 0.4) is 0 Å². The van der Waals surface area contributed by atoms with Crippen molar-refractivity contribution in [1.29, 1.82) is 0 Å². The lowest BCUT2D eigenvalue weighted by Gasteiger charge is -2.30. The molecule has 0 aliphatic rings. The molecule has 1 aromatic rings. The van der Waals surface area contributed by atoms with Gasteiger partial charge in [-0.3, -0.25) is 14.5 Å². The van der Waals surface area contributed by atoms with E-state index in [0.29, 0.717) is 6.54 Å². The van der Waals surface area contributed by atoms with E-state index in [2.05, 4.69) is 41.5 Å². The number of benzene rings is 1. The molecular weight excluding hydrogens is 290 g/mol. The molecule has 2 atom stereocenters. The van der Waals surface area contributed by atoms with E-state index in [1.807, 2.05) is 18.2 Å². The summed E-state index contributed by atoms with van der Waals surface area (Å²) in [5, 5.41) is 5.57. The van der Waals surface area contributed by atoms with E-state index in [0.717, 1.165) is 19.5 Å². The minimum absolute atomic E-state index is 0.148. The van der Waals surface area contributed by atoms with Crippen molar-refractivity contribution in [3.8, 4) is 0 Å². The van der Waals surface area contributed by atoms with Crippen LogP contribution in [0.25, 0.3) is 0 Å². The molecule has 0 saturated carbocycles. The standard InChI is InChI=1S/C18H29N3O2/c1-5-21(6-2)17(12-16-10-8-7-9-11-16)13-19-18(23)14(3)20-15(4)22/h7-11,14,17H,5-6,12-13H2,1-4H3,(H,19,23)(H,20,22).